The van der Waals surface area contributed by atoms with E-state index in [-0.39, 0.29) is 5.75 Å². The van der Waals surface area contributed by atoms with Crippen LogP contribution in [-0.4, -0.2) is 16.6 Å². The van der Waals surface area contributed by atoms with Crippen molar-refractivity contribution in [1.82, 2.24) is 9.97 Å². The van der Waals surface area contributed by atoms with Gasteiger partial charge in [-0.05, 0) is 41.7 Å². The van der Waals surface area contributed by atoms with E-state index >= 15 is 0 Å². The molecule has 3 nitrogen and oxygen atoms in total. The normalized spacial score (nSPS) is 11.4. The number of aryl methyl sites for hydroxylation is 1. The molecular formula is C28H32F2N2O. The number of aromatic nitrogens is 2. The van der Waals surface area contributed by atoms with Gasteiger partial charge in [0.2, 0.25) is 0 Å². The van der Waals surface area contributed by atoms with E-state index < -0.39 is 6.61 Å². The van der Waals surface area contributed by atoms with E-state index in [1.165, 1.54) is 62.6 Å². The minimum Gasteiger partial charge on any atom is -0.435 e. The molecule has 174 valence electrons. The van der Waals surface area contributed by atoms with Crippen LogP contribution in [0.2, 0.25) is 0 Å². The molecule has 33 heavy (non-hydrogen) atoms. The molecule has 3 aromatic rings. The van der Waals surface area contributed by atoms with Gasteiger partial charge in [0.1, 0.15) is 5.75 Å². The molecule has 0 unspecified atom stereocenters. The van der Waals surface area contributed by atoms with Gasteiger partial charge in [0, 0.05) is 18.0 Å². The molecule has 5 heteroatoms. The maximum absolute atomic E-state index is 12.2. The first-order chi connectivity index (χ1) is 16.1. The zero-order chi connectivity index (χ0) is 23.3. The minimum atomic E-state index is -2.81. The molecule has 0 fully saturated rings. The van der Waals surface area contributed by atoms with E-state index in [0.717, 1.165) is 28.9 Å². The summed E-state index contributed by atoms with van der Waals surface area (Å²) in [5.74, 6) is 0.878. The monoisotopic (exact) mass is 450 g/mol. The Labute approximate surface area is 195 Å². The number of rotatable bonds is 13. The first kappa shape index (κ1) is 24.6. The molecule has 0 bridgehead atoms. The van der Waals surface area contributed by atoms with Gasteiger partial charge in [0.05, 0.1) is 0 Å². The average molecular weight is 451 g/mol. The lowest BCUT2D eigenvalue weighted by Crippen LogP contribution is -2.01. The highest BCUT2D eigenvalue weighted by atomic mass is 19.3. The largest absolute Gasteiger partial charge is 0.435 e. The van der Waals surface area contributed by atoms with E-state index in [1.807, 2.05) is 48.8 Å². The summed E-state index contributed by atoms with van der Waals surface area (Å²) in [6.45, 7) is -0.564. The SMILES string of the molecule is CCCCCCCCCc1cnc(-c2ccc(C=Cc3ccc(OC(F)F)cc3)cc2)nc1. The Morgan fingerprint density at radius 2 is 1.30 bits per heavy atom. The topological polar surface area (TPSA) is 35.0 Å². The first-order valence-electron chi connectivity index (χ1n) is 11.8. The number of ether oxygens (including phenoxy) is 1. The molecule has 0 radical (unpaired) electrons. The molecule has 0 N–H and O–H groups in total. The second-order valence-corrected chi connectivity index (χ2v) is 8.19. The number of halogens is 2. The third kappa shape index (κ3) is 8.76. The van der Waals surface area contributed by atoms with Crippen molar-refractivity contribution in [1.29, 1.82) is 0 Å². The van der Waals surface area contributed by atoms with Gasteiger partial charge in [-0.25, -0.2) is 9.97 Å². The number of benzene rings is 2. The fraction of sp³-hybridized carbons (Fsp3) is 0.357. The van der Waals surface area contributed by atoms with E-state index in [0.29, 0.717) is 0 Å². The van der Waals surface area contributed by atoms with Crippen molar-refractivity contribution in [3.63, 3.8) is 0 Å². The number of unbranched alkanes of at least 4 members (excludes halogenated alkanes) is 6. The van der Waals surface area contributed by atoms with E-state index in [4.69, 9.17) is 0 Å². The van der Waals surface area contributed by atoms with Crippen molar-refractivity contribution in [2.45, 2.75) is 64.9 Å². The Morgan fingerprint density at radius 3 is 1.88 bits per heavy atom. The van der Waals surface area contributed by atoms with Gasteiger partial charge < -0.3 is 4.74 Å². The first-order valence-corrected chi connectivity index (χ1v) is 11.8. The minimum absolute atomic E-state index is 0.153. The van der Waals surface area contributed by atoms with Crippen molar-refractivity contribution in [3.05, 3.63) is 77.6 Å². The summed E-state index contributed by atoms with van der Waals surface area (Å²) in [7, 11) is 0. The average Bonchev–Trinajstić information content (AvgIpc) is 2.83. The lowest BCUT2D eigenvalue weighted by molar-refractivity contribution is -0.0498. The summed E-state index contributed by atoms with van der Waals surface area (Å²) in [4.78, 5) is 9.09. The molecule has 0 aliphatic rings. The second-order valence-electron chi connectivity index (χ2n) is 8.19. The molecule has 0 aliphatic carbocycles. The number of alkyl halides is 2. The van der Waals surface area contributed by atoms with Gasteiger partial charge in [0.25, 0.3) is 0 Å². The van der Waals surface area contributed by atoms with Crippen molar-refractivity contribution >= 4 is 12.2 Å². The van der Waals surface area contributed by atoms with Crippen LogP contribution >= 0.6 is 0 Å². The molecule has 0 amide bonds. The van der Waals surface area contributed by atoms with E-state index in [1.54, 1.807) is 12.1 Å². The standard InChI is InChI=1S/C28H32F2N2O/c1-2-3-4-5-6-7-8-9-24-20-31-27(32-21-24)25-16-12-22(13-17-25)10-11-23-14-18-26(19-15-23)33-28(29)30/h10-21,28H,2-9H2,1H3. The fourth-order valence-electron chi connectivity index (χ4n) is 3.62. The second kappa shape index (κ2) is 13.5. The maximum atomic E-state index is 12.2. The van der Waals surface area contributed by atoms with Gasteiger partial charge in [-0.1, -0.05) is 94.0 Å². The van der Waals surface area contributed by atoms with Crippen LogP contribution in [0.3, 0.4) is 0 Å². The molecule has 1 heterocycles. The van der Waals surface area contributed by atoms with Crippen LogP contribution in [0.4, 0.5) is 8.78 Å². The highest BCUT2D eigenvalue weighted by Crippen LogP contribution is 2.19. The number of hydrogen-bond acceptors (Lipinski definition) is 3. The van der Waals surface area contributed by atoms with Crippen LogP contribution in [0.25, 0.3) is 23.5 Å². The molecule has 2 aromatic carbocycles. The van der Waals surface area contributed by atoms with Gasteiger partial charge in [-0.15, -0.1) is 0 Å². The Morgan fingerprint density at radius 1 is 0.758 bits per heavy atom. The summed E-state index contributed by atoms with van der Waals surface area (Å²) in [5, 5.41) is 0. The summed E-state index contributed by atoms with van der Waals surface area (Å²) in [5.41, 5.74) is 4.10. The van der Waals surface area contributed by atoms with Crippen LogP contribution < -0.4 is 4.74 Å². The highest BCUT2D eigenvalue weighted by molar-refractivity contribution is 5.71. The lowest BCUT2D eigenvalue weighted by atomic mass is 10.1. The van der Waals surface area contributed by atoms with Gasteiger partial charge >= 0.3 is 6.61 Å². The van der Waals surface area contributed by atoms with Crippen LogP contribution in [-0.2, 0) is 6.42 Å². The number of hydrogen-bond donors (Lipinski definition) is 0. The van der Waals surface area contributed by atoms with Crippen LogP contribution in [0.1, 0.15) is 68.6 Å². The smallest absolute Gasteiger partial charge is 0.387 e. The van der Waals surface area contributed by atoms with Crippen LogP contribution in [0, 0.1) is 0 Å². The summed E-state index contributed by atoms with van der Waals surface area (Å²) in [6.07, 6.45) is 17.9. The summed E-state index contributed by atoms with van der Waals surface area (Å²) in [6, 6.07) is 14.6. The van der Waals surface area contributed by atoms with E-state index in [2.05, 4.69) is 21.6 Å². The number of nitrogens with zero attached hydrogens (tertiary/aromatic N) is 2. The molecule has 0 spiro atoms. The predicted molar refractivity (Wildman–Crippen MR) is 131 cm³/mol. The Bertz CT molecular complexity index is 968. The summed E-state index contributed by atoms with van der Waals surface area (Å²) >= 11 is 0. The third-order valence-corrected chi connectivity index (χ3v) is 5.52. The molecule has 0 aliphatic heterocycles. The van der Waals surface area contributed by atoms with Crippen molar-refractivity contribution < 1.29 is 13.5 Å². The van der Waals surface area contributed by atoms with Crippen LogP contribution in [0.5, 0.6) is 5.75 Å². The predicted octanol–water partition coefficient (Wildman–Crippen LogP) is 8.21. The quantitative estimate of drug-likeness (QED) is 0.194. The molecule has 1 aromatic heterocycles. The molecule has 3 rings (SSSR count). The lowest BCUT2D eigenvalue weighted by Gasteiger charge is -2.05. The molecule has 0 saturated heterocycles. The Balaban J connectivity index is 1.47. The zero-order valence-corrected chi connectivity index (χ0v) is 19.2. The fourth-order valence-corrected chi connectivity index (χ4v) is 3.62. The van der Waals surface area contributed by atoms with Gasteiger partial charge in [0.15, 0.2) is 5.82 Å². The highest BCUT2D eigenvalue weighted by Gasteiger charge is 2.04. The van der Waals surface area contributed by atoms with Crippen molar-refractivity contribution in [2.24, 2.45) is 0 Å². The summed E-state index contributed by atoms with van der Waals surface area (Å²) < 4.78 is 28.8. The van der Waals surface area contributed by atoms with Crippen LogP contribution in [0.15, 0.2) is 60.9 Å². The molecular weight excluding hydrogens is 418 g/mol. The van der Waals surface area contributed by atoms with Crippen molar-refractivity contribution in [2.75, 3.05) is 0 Å². The van der Waals surface area contributed by atoms with E-state index in [9.17, 15) is 8.78 Å². The van der Waals surface area contributed by atoms with Gasteiger partial charge in [-0.2, -0.15) is 8.78 Å². The maximum Gasteiger partial charge on any atom is 0.387 e. The van der Waals surface area contributed by atoms with Gasteiger partial charge in [-0.3, -0.25) is 0 Å². The Kier molecular flexibility index (Phi) is 10.0. The third-order valence-electron chi connectivity index (χ3n) is 5.52. The Hall–Kier alpha value is -3.08. The molecule has 0 saturated carbocycles. The molecule has 0 atom stereocenters. The van der Waals surface area contributed by atoms with Crippen molar-refractivity contribution in [3.8, 4) is 17.1 Å². The zero-order valence-electron chi connectivity index (χ0n) is 19.2.